The van der Waals surface area contributed by atoms with Gasteiger partial charge in [0.2, 0.25) is 5.91 Å². The lowest BCUT2D eigenvalue weighted by molar-refractivity contribution is -0.125. The fourth-order valence-electron chi connectivity index (χ4n) is 2.12. The number of carbonyl (C=O) groups is 1. The summed E-state index contributed by atoms with van der Waals surface area (Å²) in [4.78, 5) is 12.3. The lowest BCUT2D eigenvalue weighted by atomic mass is 9.81. The highest BCUT2D eigenvalue weighted by molar-refractivity contribution is 5.95. The largest absolute Gasteiger partial charge is 0.329 e. The van der Waals surface area contributed by atoms with E-state index in [1.165, 1.54) is 0 Å². The molecular weight excluding hydrogens is 240 g/mol. The molecule has 5 heteroatoms. The first kappa shape index (κ1) is 15.7. The Labute approximate surface area is 115 Å². The van der Waals surface area contributed by atoms with E-state index in [9.17, 15) is 4.79 Å². The van der Waals surface area contributed by atoms with Crippen molar-refractivity contribution < 1.29 is 4.79 Å². The van der Waals surface area contributed by atoms with E-state index in [1.807, 2.05) is 24.7 Å². The highest BCUT2D eigenvalue weighted by Gasteiger charge is 2.33. The molecule has 1 amide bonds. The summed E-state index contributed by atoms with van der Waals surface area (Å²) in [6.45, 7) is 9.47. The summed E-state index contributed by atoms with van der Waals surface area (Å²) in [5.74, 6) is 0.516. The molecule has 0 bridgehead atoms. The van der Waals surface area contributed by atoms with Crippen molar-refractivity contribution in [2.24, 2.45) is 17.1 Å². The van der Waals surface area contributed by atoms with Gasteiger partial charge in [0.25, 0.3) is 0 Å². The molecule has 0 fully saturated rings. The number of nitrogens with one attached hydrogen (secondary N) is 1. The van der Waals surface area contributed by atoms with E-state index in [1.54, 1.807) is 6.20 Å². The van der Waals surface area contributed by atoms with Gasteiger partial charge in [0, 0.05) is 19.3 Å². The molecule has 1 aromatic rings. The van der Waals surface area contributed by atoms with Crippen molar-refractivity contribution in [1.29, 1.82) is 0 Å². The van der Waals surface area contributed by atoms with E-state index >= 15 is 0 Å². The quantitative estimate of drug-likeness (QED) is 0.795. The zero-order valence-electron chi connectivity index (χ0n) is 12.4. The SMILES string of the molecule is CCC(CC)(CN)C(=O)Nc1cnn(CC(C)C)c1. The monoisotopic (exact) mass is 266 g/mol. The molecule has 108 valence electrons. The lowest BCUT2D eigenvalue weighted by Gasteiger charge is -2.28. The van der Waals surface area contributed by atoms with Crippen LogP contribution in [0.2, 0.25) is 0 Å². The van der Waals surface area contributed by atoms with Gasteiger partial charge in [-0.1, -0.05) is 27.7 Å². The van der Waals surface area contributed by atoms with Crippen LogP contribution in [-0.4, -0.2) is 22.2 Å². The molecule has 0 saturated heterocycles. The first-order valence-electron chi connectivity index (χ1n) is 7.01. The fourth-order valence-corrected chi connectivity index (χ4v) is 2.12. The third-order valence-corrected chi connectivity index (χ3v) is 3.67. The van der Waals surface area contributed by atoms with Gasteiger partial charge >= 0.3 is 0 Å². The molecule has 0 unspecified atom stereocenters. The molecule has 19 heavy (non-hydrogen) atoms. The molecule has 3 N–H and O–H groups in total. The van der Waals surface area contributed by atoms with E-state index in [0.717, 1.165) is 25.1 Å². The maximum Gasteiger partial charge on any atom is 0.231 e. The normalized spacial score (nSPS) is 11.9. The standard InChI is InChI=1S/C14H26N4O/c1-5-14(6-2,10-15)13(19)17-12-7-16-18(9-12)8-11(3)4/h7,9,11H,5-6,8,10,15H2,1-4H3,(H,17,19). The van der Waals surface area contributed by atoms with Crippen LogP contribution in [0.3, 0.4) is 0 Å². The van der Waals surface area contributed by atoms with Gasteiger partial charge in [0.15, 0.2) is 0 Å². The molecule has 0 radical (unpaired) electrons. The minimum Gasteiger partial charge on any atom is -0.329 e. The van der Waals surface area contributed by atoms with Crippen LogP contribution in [-0.2, 0) is 11.3 Å². The number of nitrogens with zero attached hydrogens (tertiary/aromatic N) is 2. The second-order valence-corrected chi connectivity index (χ2v) is 5.49. The molecule has 0 aliphatic carbocycles. The first-order chi connectivity index (χ1) is 8.97. The number of anilines is 1. The molecule has 1 heterocycles. The van der Waals surface area contributed by atoms with E-state index in [0.29, 0.717) is 12.5 Å². The van der Waals surface area contributed by atoms with Crippen molar-refractivity contribution >= 4 is 11.6 Å². The molecule has 1 rings (SSSR count). The molecule has 0 atom stereocenters. The van der Waals surface area contributed by atoms with Gasteiger partial charge in [-0.05, 0) is 18.8 Å². The van der Waals surface area contributed by atoms with Crippen molar-refractivity contribution in [3.05, 3.63) is 12.4 Å². The van der Waals surface area contributed by atoms with Crippen LogP contribution in [0.5, 0.6) is 0 Å². The van der Waals surface area contributed by atoms with Crippen LogP contribution in [0.15, 0.2) is 12.4 Å². The predicted octanol–water partition coefficient (Wildman–Crippen LogP) is 2.24. The van der Waals surface area contributed by atoms with Crippen LogP contribution >= 0.6 is 0 Å². The van der Waals surface area contributed by atoms with E-state index in [-0.39, 0.29) is 5.91 Å². The van der Waals surface area contributed by atoms with Gasteiger partial charge in [-0.25, -0.2) is 0 Å². The summed E-state index contributed by atoms with van der Waals surface area (Å²) in [6, 6.07) is 0. The van der Waals surface area contributed by atoms with Crippen LogP contribution in [0.4, 0.5) is 5.69 Å². The second-order valence-electron chi connectivity index (χ2n) is 5.49. The Bertz CT molecular complexity index is 399. The molecule has 0 aromatic carbocycles. The number of nitrogens with two attached hydrogens (primary N) is 1. The van der Waals surface area contributed by atoms with Crippen LogP contribution in [0.25, 0.3) is 0 Å². The second kappa shape index (κ2) is 6.70. The number of aromatic nitrogens is 2. The molecule has 0 saturated carbocycles. The molecular formula is C14H26N4O. The van der Waals surface area contributed by atoms with E-state index in [2.05, 4.69) is 24.3 Å². The number of hydrogen-bond donors (Lipinski definition) is 2. The zero-order chi connectivity index (χ0) is 14.5. The van der Waals surface area contributed by atoms with Crippen LogP contribution in [0, 0.1) is 11.3 Å². The maximum atomic E-state index is 12.3. The Morgan fingerprint density at radius 1 is 1.47 bits per heavy atom. The summed E-state index contributed by atoms with van der Waals surface area (Å²) in [7, 11) is 0. The van der Waals surface area contributed by atoms with Crippen LogP contribution in [0.1, 0.15) is 40.5 Å². The zero-order valence-corrected chi connectivity index (χ0v) is 12.4. The number of rotatable bonds is 7. The summed E-state index contributed by atoms with van der Waals surface area (Å²) >= 11 is 0. The van der Waals surface area contributed by atoms with Crippen molar-refractivity contribution in [2.45, 2.75) is 47.1 Å². The Balaban J connectivity index is 2.73. The van der Waals surface area contributed by atoms with Gasteiger partial charge in [-0.15, -0.1) is 0 Å². The van der Waals surface area contributed by atoms with Gasteiger partial charge in [0.05, 0.1) is 17.3 Å². The first-order valence-corrected chi connectivity index (χ1v) is 7.01. The summed E-state index contributed by atoms with van der Waals surface area (Å²) < 4.78 is 1.85. The Morgan fingerprint density at radius 2 is 2.11 bits per heavy atom. The summed E-state index contributed by atoms with van der Waals surface area (Å²) in [5, 5.41) is 7.17. The van der Waals surface area contributed by atoms with Gasteiger partial charge in [-0.2, -0.15) is 5.10 Å². The van der Waals surface area contributed by atoms with E-state index in [4.69, 9.17) is 5.73 Å². The van der Waals surface area contributed by atoms with Crippen molar-refractivity contribution in [3.8, 4) is 0 Å². The average molecular weight is 266 g/mol. The van der Waals surface area contributed by atoms with Crippen LogP contribution < -0.4 is 11.1 Å². The van der Waals surface area contributed by atoms with Crippen molar-refractivity contribution in [3.63, 3.8) is 0 Å². The molecule has 0 spiro atoms. The number of carbonyl (C=O) groups excluding carboxylic acids is 1. The van der Waals surface area contributed by atoms with Crippen molar-refractivity contribution in [1.82, 2.24) is 9.78 Å². The smallest absolute Gasteiger partial charge is 0.231 e. The highest BCUT2D eigenvalue weighted by Crippen LogP contribution is 2.26. The molecule has 1 aromatic heterocycles. The number of amides is 1. The van der Waals surface area contributed by atoms with E-state index < -0.39 is 5.41 Å². The lowest BCUT2D eigenvalue weighted by Crippen LogP contribution is -2.41. The molecule has 5 nitrogen and oxygen atoms in total. The summed E-state index contributed by atoms with van der Waals surface area (Å²) in [5.41, 5.74) is 6.04. The molecule has 0 aliphatic heterocycles. The van der Waals surface area contributed by atoms with Gasteiger partial charge in [0.1, 0.15) is 0 Å². The van der Waals surface area contributed by atoms with Crippen molar-refractivity contribution in [2.75, 3.05) is 11.9 Å². The minimum absolute atomic E-state index is 0.0101. The highest BCUT2D eigenvalue weighted by atomic mass is 16.2. The summed E-state index contributed by atoms with van der Waals surface area (Å²) in [6.07, 6.45) is 5.04. The predicted molar refractivity (Wildman–Crippen MR) is 77.8 cm³/mol. The number of hydrogen-bond acceptors (Lipinski definition) is 3. The molecule has 0 aliphatic rings. The third-order valence-electron chi connectivity index (χ3n) is 3.67. The topological polar surface area (TPSA) is 72.9 Å². The van der Waals surface area contributed by atoms with Gasteiger partial charge in [-0.3, -0.25) is 9.48 Å². The Morgan fingerprint density at radius 3 is 2.58 bits per heavy atom. The Hall–Kier alpha value is -1.36. The maximum absolute atomic E-state index is 12.3. The van der Waals surface area contributed by atoms with Gasteiger partial charge < -0.3 is 11.1 Å². The minimum atomic E-state index is -0.472. The average Bonchev–Trinajstić information content (AvgIpc) is 2.78. The fraction of sp³-hybridized carbons (Fsp3) is 0.714. The third kappa shape index (κ3) is 3.80. The Kier molecular flexibility index (Phi) is 5.54.